The summed E-state index contributed by atoms with van der Waals surface area (Å²) in [6, 6.07) is 9.21. The standard InChI is InChI=1S/C23H35N5O.HI/c1-3-24-22(28-11-6-10-23(17-28)13-21(29)26-16-23)25-14-18(2)27-12-9-19-7-4-5-8-20(19)15-27;/h4-5,7-8,18H,3,6,9-17H2,1-2H3,(H,24,25)(H,26,29);1H. The second-order valence-corrected chi connectivity index (χ2v) is 9.01. The van der Waals surface area contributed by atoms with Gasteiger partial charge in [0.15, 0.2) is 5.96 Å². The van der Waals surface area contributed by atoms with Gasteiger partial charge in [0, 0.05) is 57.1 Å². The van der Waals surface area contributed by atoms with Crippen LogP contribution in [-0.2, 0) is 17.8 Å². The molecule has 3 aliphatic rings. The van der Waals surface area contributed by atoms with Gasteiger partial charge in [0.1, 0.15) is 0 Å². The van der Waals surface area contributed by atoms with Gasteiger partial charge in [0.2, 0.25) is 5.91 Å². The first kappa shape index (κ1) is 23.3. The number of hydrogen-bond donors (Lipinski definition) is 2. The van der Waals surface area contributed by atoms with Crippen molar-refractivity contribution < 1.29 is 4.79 Å². The van der Waals surface area contributed by atoms with Crippen LogP contribution in [0.2, 0.25) is 0 Å². The molecule has 0 radical (unpaired) electrons. The minimum absolute atomic E-state index is 0. The van der Waals surface area contributed by atoms with E-state index in [0.29, 0.717) is 12.5 Å². The van der Waals surface area contributed by atoms with E-state index in [4.69, 9.17) is 4.99 Å². The number of fused-ring (bicyclic) bond motifs is 1. The number of piperidine rings is 1. The Kier molecular flexibility index (Phi) is 8.01. The van der Waals surface area contributed by atoms with Crippen LogP contribution in [0.3, 0.4) is 0 Å². The zero-order chi connectivity index (χ0) is 20.3. The van der Waals surface area contributed by atoms with Crippen molar-refractivity contribution in [1.82, 2.24) is 20.4 Å². The molecule has 7 heteroatoms. The molecule has 1 aromatic rings. The van der Waals surface area contributed by atoms with Crippen molar-refractivity contribution in [2.75, 3.05) is 39.3 Å². The first-order valence-corrected chi connectivity index (χ1v) is 11.2. The molecule has 3 aliphatic heterocycles. The molecular weight excluding hydrogens is 489 g/mol. The molecule has 30 heavy (non-hydrogen) atoms. The number of carbonyl (C=O) groups excluding carboxylic acids is 1. The van der Waals surface area contributed by atoms with Crippen LogP contribution in [0.1, 0.15) is 44.2 Å². The molecule has 4 rings (SSSR count). The molecule has 2 fully saturated rings. The predicted octanol–water partition coefficient (Wildman–Crippen LogP) is 2.62. The minimum Gasteiger partial charge on any atom is -0.357 e. The van der Waals surface area contributed by atoms with E-state index in [2.05, 4.69) is 58.5 Å². The van der Waals surface area contributed by atoms with Crippen LogP contribution < -0.4 is 10.6 Å². The molecule has 2 saturated heterocycles. The molecule has 2 atom stereocenters. The normalized spacial score (nSPS) is 25.5. The van der Waals surface area contributed by atoms with Crippen LogP contribution >= 0.6 is 24.0 Å². The fourth-order valence-corrected chi connectivity index (χ4v) is 5.08. The number of aliphatic imine (C=N–C) groups is 1. The molecular formula is C23H36IN5O. The van der Waals surface area contributed by atoms with Crippen molar-refractivity contribution in [3.05, 3.63) is 35.4 Å². The molecule has 0 saturated carbocycles. The van der Waals surface area contributed by atoms with E-state index in [-0.39, 0.29) is 35.3 Å². The Bertz CT molecular complexity index is 770. The van der Waals surface area contributed by atoms with Crippen molar-refractivity contribution in [1.29, 1.82) is 0 Å². The average Bonchev–Trinajstić information content (AvgIpc) is 3.09. The summed E-state index contributed by atoms with van der Waals surface area (Å²) in [5.41, 5.74) is 3.04. The molecule has 0 aliphatic carbocycles. The van der Waals surface area contributed by atoms with Gasteiger partial charge < -0.3 is 15.5 Å². The Morgan fingerprint density at radius 3 is 2.83 bits per heavy atom. The lowest BCUT2D eigenvalue weighted by atomic mass is 9.79. The number of carbonyl (C=O) groups is 1. The number of likely N-dealkylation sites (tertiary alicyclic amines) is 1. The summed E-state index contributed by atoms with van der Waals surface area (Å²) in [6.45, 7) is 11.0. The summed E-state index contributed by atoms with van der Waals surface area (Å²) in [6.07, 6.45) is 4.04. The van der Waals surface area contributed by atoms with Gasteiger partial charge >= 0.3 is 0 Å². The highest BCUT2D eigenvalue weighted by atomic mass is 127. The molecule has 2 unspecified atom stereocenters. The van der Waals surface area contributed by atoms with Crippen LogP contribution in [0.5, 0.6) is 0 Å². The molecule has 0 aromatic heterocycles. The van der Waals surface area contributed by atoms with Crippen LogP contribution in [0.25, 0.3) is 0 Å². The summed E-state index contributed by atoms with van der Waals surface area (Å²) < 4.78 is 0. The molecule has 1 amide bonds. The highest BCUT2D eigenvalue weighted by molar-refractivity contribution is 14.0. The smallest absolute Gasteiger partial charge is 0.220 e. The first-order valence-electron chi connectivity index (χ1n) is 11.2. The molecule has 1 spiro atoms. The fourth-order valence-electron chi connectivity index (χ4n) is 5.08. The van der Waals surface area contributed by atoms with Crippen LogP contribution in [-0.4, -0.2) is 67.0 Å². The van der Waals surface area contributed by atoms with E-state index < -0.39 is 0 Å². The number of hydrogen-bond acceptors (Lipinski definition) is 3. The maximum absolute atomic E-state index is 11.8. The minimum atomic E-state index is 0. The number of halogens is 1. The molecule has 1 aromatic carbocycles. The molecule has 0 bridgehead atoms. The molecule has 3 heterocycles. The SMILES string of the molecule is CCNC(=NCC(C)N1CCc2ccccc2C1)N1CCCC2(CNC(=O)C2)C1.I. The zero-order valence-corrected chi connectivity index (χ0v) is 20.7. The van der Waals surface area contributed by atoms with E-state index in [1.165, 1.54) is 11.1 Å². The largest absolute Gasteiger partial charge is 0.357 e. The highest BCUT2D eigenvalue weighted by Crippen LogP contribution is 2.36. The van der Waals surface area contributed by atoms with Crippen LogP contribution in [0.4, 0.5) is 0 Å². The van der Waals surface area contributed by atoms with Crippen molar-refractivity contribution in [2.24, 2.45) is 10.4 Å². The summed E-state index contributed by atoms with van der Waals surface area (Å²) in [7, 11) is 0. The Labute approximate surface area is 197 Å². The van der Waals surface area contributed by atoms with E-state index in [1.54, 1.807) is 0 Å². The fraction of sp³-hybridized carbons (Fsp3) is 0.652. The summed E-state index contributed by atoms with van der Waals surface area (Å²) in [5.74, 6) is 1.21. The van der Waals surface area contributed by atoms with Gasteiger partial charge in [0.05, 0.1) is 6.54 Å². The van der Waals surface area contributed by atoms with Gasteiger partial charge in [-0.25, -0.2) is 0 Å². The topological polar surface area (TPSA) is 60.0 Å². The first-order chi connectivity index (χ1) is 14.1. The summed E-state index contributed by atoms with van der Waals surface area (Å²) in [4.78, 5) is 21.8. The maximum atomic E-state index is 11.8. The molecule has 166 valence electrons. The second-order valence-electron chi connectivity index (χ2n) is 9.01. The van der Waals surface area contributed by atoms with Crippen LogP contribution in [0.15, 0.2) is 29.3 Å². The van der Waals surface area contributed by atoms with E-state index in [9.17, 15) is 4.79 Å². The Morgan fingerprint density at radius 2 is 2.10 bits per heavy atom. The third-order valence-electron chi connectivity index (χ3n) is 6.78. The van der Waals surface area contributed by atoms with E-state index in [0.717, 1.165) is 71.0 Å². The van der Waals surface area contributed by atoms with Gasteiger partial charge in [0.25, 0.3) is 0 Å². The number of guanidine groups is 1. The van der Waals surface area contributed by atoms with Crippen molar-refractivity contribution in [3.63, 3.8) is 0 Å². The van der Waals surface area contributed by atoms with E-state index >= 15 is 0 Å². The maximum Gasteiger partial charge on any atom is 0.220 e. The van der Waals surface area contributed by atoms with Crippen LogP contribution in [0, 0.1) is 5.41 Å². The van der Waals surface area contributed by atoms with Gasteiger partial charge in [-0.1, -0.05) is 24.3 Å². The zero-order valence-electron chi connectivity index (χ0n) is 18.3. The molecule has 6 nitrogen and oxygen atoms in total. The lowest BCUT2D eigenvalue weighted by molar-refractivity contribution is -0.119. The monoisotopic (exact) mass is 525 g/mol. The predicted molar refractivity (Wildman–Crippen MR) is 132 cm³/mol. The van der Waals surface area contributed by atoms with E-state index in [1.807, 2.05) is 0 Å². The number of nitrogens with one attached hydrogen (secondary N) is 2. The number of rotatable bonds is 4. The van der Waals surface area contributed by atoms with Gasteiger partial charge in [-0.15, -0.1) is 24.0 Å². The van der Waals surface area contributed by atoms with Crippen molar-refractivity contribution in [2.45, 2.75) is 52.1 Å². The van der Waals surface area contributed by atoms with Crippen molar-refractivity contribution >= 4 is 35.8 Å². The third-order valence-corrected chi connectivity index (χ3v) is 6.78. The molecule has 2 N–H and O–H groups in total. The quantitative estimate of drug-likeness (QED) is 0.361. The van der Waals surface area contributed by atoms with Crippen molar-refractivity contribution in [3.8, 4) is 0 Å². The summed E-state index contributed by atoms with van der Waals surface area (Å²) >= 11 is 0. The Morgan fingerprint density at radius 1 is 1.30 bits per heavy atom. The highest BCUT2D eigenvalue weighted by Gasteiger charge is 2.42. The Balaban J connectivity index is 0.00000256. The lowest BCUT2D eigenvalue weighted by Crippen LogP contribution is -2.51. The average molecular weight is 525 g/mol. The number of nitrogens with zero attached hydrogens (tertiary/aromatic N) is 3. The van der Waals surface area contributed by atoms with Gasteiger partial charge in [-0.3, -0.25) is 14.7 Å². The Hall–Kier alpha value is -1.35. The number of amides is 1. The third kappa shape index (κ3) is 5.28. The van der Waals surface area contributed by atoms with Gasteiger partial charge in [-0.05, 0) is 44.2 Å². The number of benzene rings is 1. The lowest BCUT2D eigenvalue weighted by Gasteiger charge is -2.41. The van der Waals surface area contributed by atoms with Gasteiger partial charge in [-0.2, -0.15) is 0 Å². The summed E-state index contributed by atoms with van der Waals surface area (Å²) in [5, 5.41) is 6.54. The second kappa shape index (κ2) is 10.3.